The number of amides is 1. The smallest absolute Gasteiger partial charge is 0.336 e. The summed E-state index contributed by atoms with van der Waals surface area (Å²) in [5.41, 5.74) is 1.78. The zero-order chi connectivity index (χ0) is 22.0. The molecule has 0 radical (unpaired) electrons. The van der Waals surface area contributed by atoms with Gasteiger partial charge in [0.1, 0.15) is 24.5 Å². The number of rotatable bonds is 6. The Hall–Kier alpha value is -3.48. The SMILES string of the molecule is Cc1cc(=O)oc2cc(OCC(=O)N[C@@H](c3ccc4c(c3)OCCO4)C(C)C)ccc12. The maximum Gasteiger partial charge on any atom is 0.336 e. The first-order valence-corrected chi connectivity index (χ1v) is 10.3. The fraction of sp³-hybridized carbons (Fsp3) is 0.333. The number of carbonyl (C=O) groups excluding carboxylic acids is 1. The molecule has 162 valence electrons. The molecule has 2 heterocycles. The van der Waals surface area contributed by atoms with Gasteiger partial charge in [-0.2, -0.15) is 0 Å². The molecule has 0 saturated heterocycles. The van der Waals surface area contributed by atoms with Crippen molar-refractivity contribution in [2.24, 2.45) is 5.92 Å². The van der Waals surface area contributed by atoms with Gasteiger partial charge in [0.05, 0.1) is 6.04 Å². The van der Waals surface area contributed by atoms with E-state index < -0.39 is 5.63 Å². The molecule has 1 aliphatic heterocycles. The summed E-state index contributed by atoms with van der Waals surface area (Å²) in [4.78, 5) is 24.2. The molecule has 7 heteroatoms. The topological polar surface area (TPSA) is 87.0 Å². The predicted octanol–water partition coefficient (Wildman–Crippen LogP) is 3.76. The van der Waals surface area contributed by atoms with Gasteiger partial charge in [0.15, 0.2) is 18.1 Å². The molecule has 1 aromatic heterocycles. The van der Waals surface area contributed by atoms with Crippen LogP contribution in [0.3, 0.4) is 0 Å². The van der Waals surface area contributed by atoms with Gasteiger partial charge >= 0.3 is 5.63 Å². The molecule has 4 rings (SSSR count). The van der Waals surface area contributed by atoms with E-state index in [9.17, 15) is 9.59 Å². The standard InChI is InChI=1S/C24H25NO6/c1-14(2)24(16-4-7-19-21(11-16)29-9-8-28-19)25-22(26)13-30-17-5-6-18-15(3)10-23(27)31-20(18)12-17/h4-7,10-12,14,24H,8-9,13H2,1-3H3,(H,25,26)/t24-/m1/s1. The molecule has 0 aliphatic carbocycles. The minimum Gasteiger partial charge on any atom is -0.486 e. The maximum atomic E-state index is 12.6. The molecule has 31 heavy (non-hydrogen) atoms. The monoisotopic (exact) mass is 423 g/mol. The number of hydrogen-bond donors (Lipinski definition) is 1. The highest BCUT2D eigenvalue weighted by atomic mass is 16.6. The zero-order valence-electron chi connectivity index (χ0n) is 17.8. The largest absolute Gasteiger partial charge is 0.486 e. The lowest BCUT2D eigenvalue weighted by atomic mass is 9.95. The molecule has 0 fully saturated rings. The van der Waals surface area contributed by atoms with Crippen molar-refractivity contribution in [3.8, 4) is 17.2 Å². The second-order valence-electron chi connectivity index (χ2n) is 7.89. The van der Waals surface area contributed by atoms with E-state index in [4.69, 9.17) is 18.6 Å². The van der Waals surface area contributed by atoms with E-state index in [2.05, 4.69) is 5.32 Å². The summed E-state index contributed by atoms with van der Waals surface area (Å²) in [6.07, 6.45) is 0. The average molecular weight is 423 g/mol. The Balaban J connectivity index is 1.44. The summed E-state index contributed by atoms with van der Waals surface area (Å²) >= 11 is 0. The van der Waals surface area contributed by atoms with Crippen molar-refractivity contribution in [2.75, 3.05) is 19.8 Å². The highest BCUT2D eigenvalue weighted by molar-refractivity contribution is 5.82. The maximum absolute atomic E-state index is 12.6. The van der Waals surface area contributed by atoms with Gasteiger partial charge in [-0.15, -0.1) is 0 Å². The first-order chi connectivity index (χ1) is 14.9. The Morgan fingerprint density at radius 3 is 2.61 bits per heavy atom. The van der Waals surface area contributed by atoms with Crippen molar-refractivity contribution in [2.45, 2.75) is 26.8 Å². The molecular formula is C24H25NO6. The van der Waals surface area contributed by atoms with E-state index in [0.717, 1.165) is 16.5 Å². The second kappa shape index (κ2) is 8.71. The summed E-state index contributed by atoms with van der Waals surface area (Å²) in [5, 5.41) is 3.86. The van der Waals surface area contributed by atoms with Gasteiger partial charge in [-0.05, 0) is 48.2 Å². The summed E-state index contributed by atoms with van der Waals surface area (Å²) in [5.74, 6) is 1.76. The summed E-state index contributed by atoms with van der Waals surface area (Å²) in [6, 6.07) is 12.1. The van der Waals surface area contributed by atoms with E-state index in [-0.39, 0.29) is 24.5 Å². The molecule has 1 N–H and O–H groups in total. The Labute approximate surface area is 179 Å². The first-order valence-electron chi connectivity index (χ1n) is 10.3. The lowest BCUT2D eigenvalue weighted by molar-refractivity contribution is -0.124. The van der Waals surface area contributed by atoms with E-state index >= 15 is 0 Å². The molecule has 2 aromatic carbocycles. The first kappa shape index (κ1) is 20.8. The number of hydrogen-bond acceptors (Lipinski definition) is 6. The van der Waals surface area contributed by atoms with Crippen LogP contribution in [0.4, 0.5) is 0 Å². The van der Waals surface area contributed by atoms with Gasteiger partial charge in [-0.3, -0.25) is 4.79 Å². The number of ether oxygens (including phenoxy) is 3. The van der Waals surface area contributed by atoms with Crippen molar-refractivity contribution in [3.63, 3.8) is 0 Å². The van der Waals surface area contributed by atoms with Gasteiger partial charge < -0.3 is 23.9 Å². The van der Waals surface area contributed by atoms with Crippen LogP contribution in [0, 0.1) is 12.8 Å². The number of benzene rings is 2. The molecule has 0 unspecified atom stereocenters. The fourth-order valence-electron chi connectivity index (χ4n) is 3.65. The van der Waals surface area contributed by atoms with Crippen LogP contribution in [-0.2, 0) is 4.79 Å². The molecular weight excluding hydrogens is 398 g/mol. The number of aryl methyl sites for hydroxylation is 1. The average Bonchev–Trinajstić information content (AvgIpc) is 2.75. The van der Waals surface area contributed by atoms with Gasteiger partial charge in [0.2, 0.25) is 0 Å². The normalized spacial score (nSPS) is 13.8. The lowest BCUT2D eigenvalue weighted by Crippen LogP contribution is -2.35. The highest BCUT2D eigenvalue weighted by Gasteiger charge is 2.21. The predicted molar refractivity (Wildman–Crippen MR) is 116 cm³/mol. The van der Waals surface area contributed by atoms with Crippen molar-refractivity contribution in [1.82, 2.24) is 5.32 Å². The minimum absolute atomic E-state index is 0.157. The van der Waals surface area contributed by atoms with Crippen molar-refractivity contribution in [1.29, 1.82) is 0 Å². The van der Waals surface area contributed by atoms with E-state index in [0.29, 0.717) is 36.0 Å². The van der Waals surface area contributed by atoms with Crippen molar-refractivity contribution < 1.29 is 23.4 Å². The van der Waals surface area contributed by atoms with E-state index in [1.165, 1.54) is 6.07 Å². The Bertz CT molecular complexity index is 1170. The molecule has 1 amide bonds. The van der Waals surface area contributed by atoms with E-state index in [1.54, 1.807) is 12.1 Å². The third-order valence-corrected chi connectivity index (χ3v) is 5.20. The third kappa shape index (κ3) is 4.66. The highest BCUT2D eigenvalue weighted by Crippen LogP contribution is 2.34. The van der Waals surface area contributed by atoms with Crippen LogP contribution in [0.25, 0.3) is 11.0 Å². The Morgan fingerprint density at radius 1 is 1.06 bits per heavy atom. The van der Waals surface area contributed by atoms with Gasteiger partial charge in [-0.1, -0.05) is 19.9 Å². The lowest BCUT2D eigenvalue weighted by Gasteiger charge is -2.25. The van der Waals surface area contributed by atoms with E-state index in [1.807, 2.05) is 45.0 Å². The number of carbonyl (C=O) groups is 1. The molecule has 0 bridgehead atoms. The van der Waals surface area contributed by atoms with Gasteiger partial charge in [0, 0.05) is 17.5 Å². The quantitative estimate of drug-likeness (QED) is 0.608. The molecule has 0 spiro atoms. The summed E-state index contributed by atoms with van der Waals surface area (Å²) in [6.45, 7) is 6.80. The van der Waals surface area contributed by atoms with Crippen LogP contribution in [0.1, 0.15) is 31.0 Å². The van der Waals surface area contributed by atoms with Crippen LogP contribution in [0.2, 0.25) is 0 Å². The zero-order valence-corrected chi connectivity index (χ0v) is 17.8. The second-order valence-corrected chi connectivity index (χ2v) is 7.89. The van der Waals surface area contributed by atoms with Crippen LogP contribution >= 0.6 is 0 Å². The van der Waals surface area contributed by atoms with Crippen LogP contribution in [-0.4, -0.2) is 25.7 Å². The molecule has 7 nitrogen and oxygen atoms in total. The van der Waals surface area contributed by atoms with Crippen LogP contribution in [0.15, 0.2) is 51.7 Å². The minimum atomic E-state index is -0.418. The third-order valence-electron chi connectivity index (χ3n) is 5.20. The molecule has 3 aromatic rings. The summed E-state index contributed by atoms with van der Waals surface area (Å²) in [7, 11) is 0. The number of fused-ring (bicyclic) bond motifs is 2. The van der Waals surface area contributed by atoms with Crippen LogP contribution < -0.4 is 25.2 Å². The summed E-state index contributed by atoms with van der Waals surface area (Å²) < 4.78 is 22.1. The van der Waals surface area contributed by atoms with Crippen molar-refractivity contribution in [3.05, 3.63) is 64.0 Å². The van der Waals surface area contributed by atoms with Crippen molar-refractivity contribution >= 4 is 16.9 Å². The number of nitrogens with one attached hydrogen (secondary N) is 1. The van der Waals surface area contributed by atoms with Crippen LogP contribution in [0.5, 0.6) is 17.2 Å². The Morgan fingerprint density at radius 2 is 1.84 bits per heavy atom. The Kier molecular flexibility index (Phi) is 5.84. The molecule has 1 atom stereocenters. The fourth-order valence-corrected chi connectivity index (χ4v) is 3.65. The molecule has 0 saturated carbocycles. The molecule has 1 aliphatic rings. The van der Waals surface area contributed by atoms with Gasteiger partial charge in [-0.25, -0.2) is 4.79 Å². The van der Waals surface area contributed by atoms with Gasteiger partial charge in [0.25, 0.3) is 5.91 Å².